The van der Waals surface area contributed by atoms with Crippen molar-refractivity contribution in [1.82, 2.24) is 39.0 Å². The van der Waals surface area contributed by atoms with Gasteiger partial charge in [0.2, 0.25) is 0 Å². The van der Waals surface area contributed by atoms with Gasteiger partial charge in [0.15, 0.2) is 57.7 Å². The van der Waals surface area contributed by atoms with Crippen molar-refractivity contribution in [1.29, 1.82) is 21.0 Å². The van der Waals surface area contributed by atoms with E-state index in [0.29, 0.717) is 113 Å². The lowest BCUT2D eigenvalue weighted by Gasteiger charge is -2.16. The molecule has 19 aromatic rings. The molecule has 0 N–H and O–H groups in total. The molecule has 0 fully saturated rings. The molecule has 0 bridgehead atoms. The number of nitriles is 4. The molecule has 19 rings (SSSR count). The van der Waals surface area contributed by atoms with Crippen LogP contribution in [0.4, 0.5) is 22.7 Å². The molecule has 0 atom stereocenters. The lowest BCUT2D eigenvalue weighted by molar-refractivity contribution is 1.07. The number of nitrogens with zero attached hydrogens (tertiary/aromatic N) is 16. The first-order chi connectivity index (χ1) is 59.0. The van der Waals surface area contributed by atoms with Crippen LogP contribution in [0.1, 0.15) is 22.3 Å². The number of rotatable bonds is 14. The van der Waals surface area contributed by atoms with E-state index in [2.05, 4.69) is 156 Å². The van der Waals surface area contributed by atoms with Crippen molar-refractivity contribution in [2.24, 2.45) is 0 Å². The maximum atomic E-state index is 10.6. The Morgan fingerprint density at radius 2 is 0.517 bits per heavy atom. The van der Waals surface area contributed by atoms with E-state index in [1.54, 1.807) is 48.5 Å². The van der Waals surface area contributed by atoms with Gasteiger partial charge in [-0.3, -0.25) is 0 Å². The molecule has 4 aromatic heterocycles. The van der Waals surface area contributed by atoms with Crippen molar-refractivity contribution in [3.8, 4) is 171 Å². The zero-order valence-corrected chi connectivity index (χ0v) is 63.3. The summed E-state index contributed by atoms with van der Waals surface area (Å²) in [5.41, 5.74) is 20.9. The third kappa shape index (κ3) is 13.2. The molecule has 550 valence electrons. The molecule has 0 saturated heterocycles. The smallest absolute Gasteiger partial charge is 0.196 e. The number of hydrogen-bond donors (Lipinski definition) is 0. The molecule has 16 heteroatoms. The van der Waals surface area contributed by atoms with Gasteiger partial charge in [-0.15, -0.1) is 0 Å². The van der Waals surface area contributed by atoms with Crippen molar-refractivity contribution in [3.63, 3.8) is 0 Å². The molecule has 0 unspecified atom stereocenters. The average molecular weight is 1530 g/mol. The Morgan fingerprint density at radius 1 is 0.225 bits per heavy atom. The van der Waals surface area contributed by atoms with E-state index < -0.39 is 0 Å². The summed E-state index contributed by atoms with van der Waals surface area (Å²) in [6, 6.07) is 115. The van der Waals surface area contributed by atoms with E-state index in [-0.39, 0.29) is 0 Å². The molecule has 0 saturated carbocycles. The molecule has 16 nitrogen and oxygen atoms in total. The molecule has 0 aliphatic rings. The number of aromatic nitrogens is 8. The van der Waals surface area contributed by atoms with Crippen molar-refractivity contribution < 1.29 is 0 Å². The van der Waals surface area contributed by atoms with Crippen LogP contribution in [0.15, 0.2) is 328 Å². The lowest BCUT2D eigenvalue weighted by Crippen LogP contribution is -2.02. The first-order valence-corrected chi connectivity index (χ1v) is 38.0. The second kappa shape index (κ2) is 30.4. The molecule has 120 heavy (non-hydrogen) atoms. The van der Waals surface area contributed by atoms with Crippen LogP contribution in [0.2, 0.25) is 0 Å². The highest BCUT2D eigenvalue weighted by atomic mass is 15.1. The Morgan fingerprint density at radius 3 is 0.825 bits per heavy atom. The fraction of sp³-hybridized carbons (Fsp3) is 0. The normalized spacial score (nSPS) is 10.9. The van der Waals surface area contributed by atoms with Crippen molar-refractivity contribution in [3.05, 3.63) is 396 Å². The summed E-state index contributed by atoms with van der Waals surface area (Å²) in [7, 11) is 0. The molecular formula is C104H54N16. The number of benzene rings is 15. The zero-order valence-electron chi connectivity index (χ0n) is 63.3. The SMILES string of the molecule is [C-]#[N+]c1ccc(-c2ccc3c(c2)c2cc(-c4ccc(C#N)cc4[N+]#[C-])ccc2n3-c2cc(-c3cccc(-c4cc(-c5nc(-c6ccccc6)nc(-c6ccccc6)n5)cc(-n5c6ccc(-c7ccc([N+]#[C-])cc7C#N)cc6c6cc(-c7ccc(C#N)cc7[N+]#[C-])ccc65)c4)c3)cc(-c3nc(-c4ccccc4)nc(-c4ccccc4)n3)c2)c(C#N)c1. The van der Waals surface area contributed by atoms with Crippen LogP contribution in [0.5, 0.6) is 0 Å². The Kier molecular flexibility index (Phi) is 18.3. The minimum absolute atomic E-state index is 0.327. The highest BCUT2D eigenvalue weighted by molar-refractivity contribution is 6.14. The van der Waals surface area contributed by atoms with Crippen molar-refractivity contribution in [2.75, 3.05) is 0 Å². The highest BCUT2D eigenvalue weighted by Gasteiger charge is 2.25. The molecule has 0 radical (unpaired) electrons. The minimum Gasteiger partial charge on any atom is -0.309 e. The van der Waals surface area contributed by atoms with E-state index in [1.165, 1.54) is 0 Å². The fourth-order valence-corrected chi connectivity index (χ4v) is 15.9. The number of hydrogen-bond acceptors (Lipinski definition) is 10. The predicted molar refractivity (Wildman–Crippen MR) is 471 cm³/mol. The second-order valence-electron chi connectivity index (χ2n) is 28.6. The standard InChI is InChI=1S/C104H54N16/c1-109-81-34-38-85(79(49-81)61-107)71-30-40-95-89(55-71)91-57-73(87-36-28-63(59-105)44-93(87)111-3)32-42-97(91)119(95)83-51-75(47-77(53-83)103-115-99(65-18-9-5-10-19-65)113-100(116-103)66-20-11-6-12-21-66)69-26-17-27-70(46-69)76-48-78(104-117-101(67-22-13-7-14-23-67)114-102(118-104)68-24-15-8-16-25-68)54-84(52-76)120-96-41-31-72(86-39-35-82(110-2)50-80(86)62-108)56-90(96)92-58-74(33-43-98(92)120)88-37-29-64(60-106)45-94(88)112-4/h5-58H. The van der Waals surface area contributed by atoms with Gasteiger partial charge < -0.3 is 9.13 Å². The molecule has 0 amide bonds. The first-order valence-electron chi connectivity index (χ1n) is 38.0. The molecular weight excluding hydrogens is 1470 g/mol. The summed E-state index contributed by atoms with van der Waals surface area (Å²) in [5, 5.41) is 44.5. The van der Waals surface area contributed by atoms with Gasteiger partial charge in [0.1, 0.15) is 0 Å². The van der Waals surface area contributed by atoms with Gasteiger partial charge in [0, 0.05) is 88.6 Å². The average Bonchev–Trinajstić information content (AvgIpc) is 1.58. The first kappa shape index (κ1) is 72.1. The number of fused-ring (bicyclic) bond motifs is 6. The minimum atomic E-state index is 0.327. The third-order valence-electron chi connectivity index (χ3n) is 21.6. The Hall–Kier alpha value is -18.2. The van der Waals surface area contributed by atoms with E-state index in [9.17, 15) is 21.0 Å². The van der Waals surface area contributed by atoms with Crippen LogP contribution in [0, 0.1) is 71.6 Å². The van der Waals surface area contributed by atoms with Crippen LogP contribution < -0.4 is 0 Å². The van der Waals surface area contributed by atoms with Gasteiger partial charge in [0.25, 0.3) is 0 Å². The van der Waals surface area contributed by atoms with Crippen LogP contribution >= 0.6 is 0 Å². The Balaban J connectivity index is 0.864. The van der Waals surface area contributed by atoms with Gasteiger partial charge in [-0.1, -0.05) is 200 Å². The molecule has 0 aliphatic heterocycles. The second-order valence-corrected chi connectivity index (χ2v) is 28.6. The van der Waals surface area contributed by atoms with Crippen LogP contribution in [-0.2, 0) is 0 Å². The molecule has 4 heterocycles. The summed E-state index contributed by atoms with van der Waals surface area (Å²) >= 11 is 0. The maximum Gasteiger partial charge on any atom is 0.196 e. The third-order valence-corrected chi connectivity index (χ3v) is 21.6. The van der Waals surface area contributed by atoms with Gasteiger partial charge in [0.05, 0.1) is 72.6 Å². The topological polar surface area (TPSA) is 200 Å². The summed E-state index contributed by atoms with van der Waals surface area (Å²) in [6.45, 7) is 32.2. The highest BCUT2D eigenvalue weighted by Crippen LogP contribution is 2.46. The Labute approximate surface area is 688 Å². The lowest BCUT2D eigenvalue weighted by atomic mass is 9.95. The monoisotopic (exact) mass is 1530 g/mol. The fourth-order valence-electron chi connectivity index (χ4n) is 15.9. The van der Waals surface area contributed by atoms with Gasteiger partial charge in [-0.25, -0.2) is 49.3 Å². The quantitative estimate of drug-likeness (QED) is 0.0943. The van der Waals surface area contributed by atoms with Crippen LogP contribution in [0.3, 0.4) is 0 Å². The maximum absolute atomic E-state index is 10.6. The van der Waals surface area contributed by atoms with Crippen molar-refractivity contribution >= 4 is 66.4 Å². The molecule has 0 aliphatic carbocycles. The summed E-state index contributed by atoms with van der Waals surface area (Å²) < 4.78 is 4.43. The van der Waals surface area contributed by atoms with E-state index in [0.717, 1.165) is 122 Å². The van der Waals surface area contributed by atoms with Crippen molar-refractivity contribution in [2.45, 2.75) is 0 Å². The molecule has 0 spiro atoms. The van der Waals surface area contributed by atoms with Crippen LogP contribution in [-0.4, -0.2) is 39.0 Å². The van der Waals surface area contributed by atoms with E-state index in [1.807, 2.05) is 176 Å². The summed E-state index contributed by atoms with van der Waals surface area (Å²) in [5.74, 6) is 2.70. The van der Waals surface area contributed by atoms with Crippen LogP contribution in [0.25, 0.3) is 209 Å². The summed E-state index contributed by atoms with van der Waals surface area (Å²) in [4.78, 5) is 46.7. The van der Waals surface area contributed by atoms with E-state index in [4.69, 9.17) is 56.2 Å². The molecule has 15 aromatic carbocycles. The summed E-state index contributed by atoms with van der Waals surface area (Å²) in [6.07, 6.45) is 0. The van der Waals surface area contributed by atoms with Gasteiger partial charge in [-0.05, 0) is 194 Å². The predicted octanol–water partition coefficient (Wildman–Crippen LogP) is 25.9. The van der Waals surface area contributed by atoms with Gasteiger partial charge >= 0.3 is 0 Å². The van der Waals surface area contributed by atoms with Gasteiger partial charge in [-0.2, -0.15) is 21.0 Å². The van der Waals surface area contributed by atoms with E-state index >= 15 is 0 Å². The Bertz CT molecular complexity index is 7040. The largest absolute Gasteiger partial charge is 0.309 e. The zero-order chi connectivity index (χ0) is 81.5.